The number of hydrogen-bond acceptors (Lipinski definition) is 8. The van der Waals surface area contributed by atoms with E-state index in [1.165, 1.54) is 0 Å². The summed E-state index contributed by atoms with van der Waals surface area (Å²) in [4.78, 5) is 0. The van der Waals surface area contributed by atoms with Crippen LogP contribution in [-0.2, 0) is 16.5 Å². The highest BCUT2D eigenvalue weighted by Crippen LogP contribution is 2.39. The van der Waals surface area contributed by atoms with Gasteiger partial charge in [-0.15, -0.1) is 47.0 Å². The third kappa shape index (κ3) is 14.5. The molecule has 1 rings (SSSR count). The van der Waals surface area contributed by atoms with Gasteiger partial charge in [0.15, 0.2) is 0 Å². The molecule has 0 radical (unpaired) electrons. The molecule has 0 atom stereocenters. The van der Waals surface area contributed by atoms with E-state index < -0.39 is 34.2 Å². The minimum Gasteiger partial charge on any atom is -0.416 e. The molecule has 0 N–H and O–H groups in total. The van der Waals surface area contributed by atoms with Crippen LogP contribution < -0.4 is 0 Å². The summed E-state index contributed by atoms with van der Waals surface area (Å²) in [7, 11) is -10.0. The topological polar surface area (TPSA) is 36.9 Å². The van der Waals surface area contributed by atoms with E-state index in [-0.39, 0.29) is 0 Å². The van der Waals surface area contributed by atoms with E-state index in [2.05, 4.69) is 52.5 Å². The maximum atomic E-state index is 7.18. The van der Waals surface area contributed by atoms with E-state index in [9.17, 15) is 0 Å². The van der Waals surface area contributed by atoms with Crippen LogP contribution in [0.4, 0.5) is 0 Å². The van der Waals surface area contributed by atoms with E-state index in [0.717, 1.165) is 72.9 Å². The van der Waals surface area contributed by atoms with Crippen molar-refractivity contribution >= 4 is 81.3 Å². The molecule has 0 aliphatic carbocycles. The van der Waals surface area contributed by atoms with Crippen molar-refractivity contribution in [2.45, 2.75) is 76.0 Å². The Morgan fingerprint density at radius 1 is 0.444 bits per heavy atom. The molecule has 1 aliphatic heterocycles. The molecule has 0 aromatic carbocycles. The summed E-state index contributed by atoms with van der Waals surface area (Å²) in [5.41, 5.74) is 0. The van der Waals surface area contributed by atoms with Gasteiger partial charge in [-0.25, -0.2) is 0 Å². The van der Waals surface area contributed by atoms with Crippen LogP contribution in [-0.4, -0.2) is 57.3 Å². The fourth-order valence-corrected chi connectivity index (χ4v) is 30.8. The van der Waals surface area contributed by atoms with Crippen molar-refractivity contribution in [3.05, 3.63) is 47.9 Å². The predicted molar refractivity (Wildman–Crippen MR) is 179 cm³/mol. The van der Waals surface area contributed by atoms with Gasteiger partial charge in [0, 0.05) is 0 Å². The molecule has 0 spiro atoms. The lowest BCUT2D eigenvalue weighted by atomic mass is 10.6. The Morgan fingerprint density at radius 2 is 0.639 bits per heavy atom. The van der Waals surface area contributed by atoms with Crippen LogP contribution in [0.15, 0.2) is 47.9 Å². The first-order valence-corrected chi connectivity index (χ1v) is 27.1. The molecule has 0 saturated carbocycles. The molecule has 0 bridgehead atoms. The Morgan fingerprint density at radius 3 is 0.806 bits per heavy atom. The summed E-state index contributed by atoms with van der Waals surface area (Å²) in [6.45, 7) is 24.4. The van der Waals surface area contributed by atoms with Crippen LogP contribution in [0.25, 0.3) is 0 Å². The number of thioether (sulfide) groups is 4. The van der Waals surface area contributed by atoms with Gasteiger partial charge in [0.1, 0.15) is 0 Å². The quantitative estimate of drug-likeness (QED) is 0.0962. The van der Waals surface area contributed by atoms with Crippen molar-refractivity contribution in [2.24, 2.45) is 0 Å². The van der Waals surface area contributed by atoms with Gasteiger partial charge in [-0.3, -0.25) is 0 Å². The molecule has 4 nitrogen and oxygen atoms in total. The molecule has 0 aromatic rings. The number of hydrogen-bond donors (Lipinski definition) is 0. The molecule has 0 aromatic heterocycles. The second kappa shape index (κ2) is 18.4. The SMILES string of the molecule is C=CSCCC[Si]1(C)O[Si](C)(CCCSC=C)O[Si](C)(CCCSC=C)O[Si](C)(CCCSC=C)O1. The van der Waals surface area contributed by atoms with Crippen LogP contribution in [0.3, 0.4) is 0 Å². The smallest absolute Gasteiger partial charge is 0.317 e. The summed E-state index contributed by atoms with van der Waals surface area (Å²) in [6, 6.07) is 3.84. The molecule has 36 heavy (non-hydrogen) atoms. The first-order valence-electron chi connectivity index (χ1n) is 12.8. The van der Waals surface area contributed by atoms with Gasteiger partial charge in [0.25, 0.3) is 0 Å². The summed E-state index contributed by atoms with van der Waals surface area (Å²) < 4.78 is 28.7. The van der Waals surface area contributed by atoms with Gasteiger partial charge in [-0.2, -0.15) is 0 Å². The van der Waals surface area contributed by atoms with E-state index >= 15 is 0 Å². The van der Waals surface area contributed by atoms with Crippen molar-refractivity contribution in [2.75, 3.05) is 23.0 Å². The van der Waals surface area contributed by atoms with Gasteiger partial charge in [0.2, 0.25) is 0 Å². The van der Waals surface area contributed by atoms with Crippen molar-refractivity contribution < 1.29 is 16.5 Å². The summed E-state index contributed by atoms with van der Waals surface area (Å²) in [6.07, 6.45) is 4.22. The monoisotopic (exact) mass is 640 g/mol. The van der Waals surface area contributed by atoms with Crippen LogP contribution in [0.2, 0.25) is 50.4 Å². The minimum absolute atomic E-state index is 0.961. The van der Waals surface area contributed by atoms with E-state index in [1.54, 1.807) is 47.0 Å². The summed E-state index contributed by atoms with van der Waals surface area (Å²) >= 11 is 7.06. The van der Waals surface area contributed by atoms with Gasteiger partial charge < -0.3 is 16.5 Å². The molecule has 1 fully saturated rings. The highest BCUT2D eigenvalue weighted by Gasteiger charge is 2.56. The largest absolute Gasteiger partial charge is 0.416 e. The Kier molecular flexibility index (Phi) is 18.0. The zero-order chi connectivity index (χ0) is 27.0. The molecule has 12 heteroatoms. The van der Waals surface area contributed by atoms with E-state index in [4.69, 9.17) is 16.5 Å². The highest BCUT2D eigenvalue weighted by atomic mass is 32.2. The van der Waals surface area contributed by atoms with Crippen LogP contribution in [0.5, 0.6) is 0 Å². The normalized spacial score (nSPS) is 30.8. The Labute approximate surface area is 243 Å². The van der Waals surface area contributed by atoms with E-state index in [0.29, 0.717) is 0 Å². The molecular weight excluding hydrogens is 593 g/mol. The van der Waals surface area contributed by atoms with Gasteiger partial charge >= 0.3 is 34.2 Å². The standard InChI is InChI=1S/C24H48O4S4Si4/c1-9-29-17-13-21-33(5)25-34(6,22-14-18-30-10-2)27-36(8,24-16-20-32-12-4)28-35(7,26-33)23-15-19-31-11-3/h9-12H,1-4,13-24H2,5-8H3. The Bertz CT molecular complexity index is 567. The van der Waals surface area contributed by atoms with Gasteiger partial charge in [-0.1, -0.05) is 26.3 Å². The van der Waals surface area contributed by atoms with Crippen molar-refractivity contribution in [1.29, 1.82) is 0 Å². The molecule has 0 amide bonds. The van der Waals surface area contributed by atoms with Crippen molar-refractivity contribution in [3.8, 4) is 0 Å². The Hall–Kier alpha value is 1.07. The summed E-state index contributed by atoms with van der Waals surface area (Å²) in [5, 5.41) is 7.68. The maximum absolute atomic E-state index is 7.18. The lowest BCUT2D eigenvalue weighted by Gasteiger charge is -2.50. The zero-order valence-electron chi connectivity index (χ0n) is 22.9. The average Bonchev–Trinajstić information content (AvgIpc) is 2.79. The summed E-state index contributed by atoms with van der Waals surface area (Å²) in [5.74, 6) is 4.15. The zero-order valence-corrected chi connectivity index (χ0v) is 30.2. The van der Waals surface area contributed by atoms with Gasteiger partial charge in [-0.05, 0) is 121 Å². The molecule has 208 valence electrons. The van der Waals surface area contributed by atoms with Crippen LogP contribution in [0.1, 0.15) is 25.7 Å². The van der Waals surface area contributed by atoms with Crippen LogP contribution >= 0.6 is 47.0 Å². The first-order chi connectivity index (χ1) is 17.1. The third-order valence-electron chi connectivity index (χ3n) is 5.77. The fourth-order valence-electron chi connectivity index (χ4n) is 4.56. The molecule has 1 saturated heterocycles. The first kappa shape index (κ1) is 35.1. The van der Waals surface area contributed by atoms with Crippen molar-refractivity contribution in [3.63, 3.8) is 0 Å². The second-order valence-corrected chi connectivity index (χ2v) is 28.1. The average molecular weight is 641 g/mol. The lowest BCUT2D eigenvalue weighted by Crippen LogP contribution is -2.67. The third-order valence-corrected chi connectivity index (χ3v) is 27.7. The predicted octanol–water partition coefficient (Wildman–Crippen LogP) is 9.42. The Balaban J connectivity index is 3.22. The van der Waals surface area contributed by atoms with Crippen LogP contribution in [0, 0.1) is 0 Å². The second-order valence-electron chi connectivity index (χ2n) is 9.51. The molecule has 1 aliphatic rings. The van der Waals surface area contributed by atoms with E-state index in [1.807, 2.05) is 21.6 Å². The minimum atomic E-state index is -2.51. The molecular formula is C24H48O4S4Si4. The number of rotatable bonds is 20. The van der Waals surface area contributed by atoms with Gasteiger partial charge in [0.05, 0.1) is 0 Å². The maximum Gasteiger partial charge on any atom is 0.317 e. The lowest BCUT2D eigenvalue weighted by molar-refractivity contribution is 0.222. The highest BCUT2D eigenvalue weighted by molar-refractivity contribution is 8.02. The molecule has 0 unspecified atom stereocenters. The molecule has 1 heterocycles. The fraction of sp³-hybridized carbons (Fsp3) is 0.667. The van der Waals surface area contributed by atoms with Crippen molar-refractivity contribution in [1.82, 2.24) is 0 Å².